The molecule has 31 heavy (non-hydrogen) atoms. The van der Waals surface area contributed by atoms with Crippen molar-refractivity contribution in [1.82, 2.24) is 10.3 Å². The van der Waals surface area contributed by atoms with Gasteiger partial charge in [-0.2, -0.15) is 0 Å². The van der Waals surface area contributed by atoms with Crippen LogP contribution in [0, 0.1) is 11.8 Å². The number of hydrogen-bond acceptors (Lipinski definition) is 4. The molecule has 1 aromatic carbocycles. The fraction of sp³-hybridized carbons (Fsp3) is 0.565. The molecule has 2 aliphatic rings. The van der Waals surface area contributed by atoms with Crippen LogP contribution in [0.4, 0.5) is 14.6 Å². The van der Waals surface area contributed by atoms with E-state index in [1.54, 1.807) is 12.1 Å². The predicted molar refractivity (Wildman–Crippen MR) is 118 cm³/mol. The Balaban J connectivity index is 1.50. The molecule has 2 heterocycles. The molecule has 1 aromatic heterocycles. The van der Waals surface area contributed by atoms with Gasteiger partial charge < -0.3 is 15.3 Å². The minimum Gasteiger partial charge on any atom is -0.396 e. The van der Waals surface area contributed by atoms with E-state index < -0.39 is 5.92 Å². The predicted octanol–water partition coefficient (Wildman–Crippen LogP) is 4.65. The van der Waals surface area contributed by atoms with Crippen molar-refractivity contribution >= 4 is 34.2 Å². The molecule has 2 fully saturated rings. The molecule has 1 saturated heterocycles. The molecule has 1 saturated carbocycles. The second-order valence-electron chi connectivity index (χ2n) is 8.80. The molecular weight excluding hydrogens is 424 g/mol. The summed E-state index contributed by atoms with van der Waals surface area (Å²) in [6.07, 6.45) is 2.72. The summed E-state index contributed by atoms with van der Waals surface area (Å²) in [5.41, 5.74) is 1.00. The van der Waals surface area contributed by atoms with Crippen LogP contribution in [0.2, 0.25) is 5.02 Å². The maximum absolute atomic E-state index is 13.6. The molecule has 0 bridgehead atoms. The number of nitrogens with one attached hydrogen (secondary N) is 1. The highest BCUT2D eigenvalue weighted by atomic mass is 35.5. The molecule has 1 aliphatic heterocycles. The molecule has 8 heteroatoms. The fourth-order valence-corrected chi connectivity index (χ4v) is 5.06. The van der Waals surface area contributed by atoms with Gasteiger partial charge in [-0.3, -0.25) is 4.79 Å². The zero-order chi connectivity index (χ0) is 22.0. The molecule has 1 aliphatic carbocycles. The largest absolute Gasteiger partial charge is 0.396 e. The van der Waals surface area contributed by atoms with E-state index in [1.807, 2.05) is 12.1 Å². The Morgan fingerprint density at radius 3 is 2.87 bits per heavy atom. The number of anilines is 1. The second-order valence-corrected chi connectivity index (χ2v) is 9.21. The van der Waals surface area contributed by atoms with Crippen LogP contribution in [0.5, 0.6) is 0 Å². The van der Waals surface area contributed by atoms with Gasteiger partial charge in [0.25, 0.3) is 5.91 Å². The van der Waals surface area contributed by atoms with E-state index in [4.69, 9.17) is 21.7 Å². The summed E-state index contributed by atoms with van der Waals surface area (Å²) >= 11 is 6.34. The number of halogens is 3. The molecule has 4 rings (SSSR count). The summed E-state index contributed by atoms with van der Waals surface area (Å²) in [5.74, 6) is -1.93. The SMILES string of the molecule is O=C(NCC1CCCC(F)(F)C1)c1c(Cl)ccc2nc(N3CCC(CCO)C3)ccc12. The van der Waals surface area contributed by atoms with Gasteiger partial charge in [0.05, 0.1) is 16.1 Å². The molecule has 2 aromatic rings. The zero-order valence-corrected chi connectivity index (χ0v) is 18.2. The first kappa shape index (κ1) is 22.2. The van der Waals surface area contributed by atoms with Crippen LogP contribution in [0.15, 0.2) is 24.3 Å². The first-order chi connectivity index (χ1) is 14.9. The number of benzene rings is 1. The first-order valence-corrected chi connectivity index (χ1v) is 11.4. The minimum atomic E-state index is -2.64. The molecule has 2 unspecified atom stereocenters. The fourth-order valence-electron chi connectivity index (χ4n) is 4.81. The molecule has 0 spiro atoms. The number of fused-ring (bicyclic) bond motifs is 1. The highest BCUT2D eigenvalue weighted by Gasteiger charge is 2.36. The van der Waals surface area contributed by atoms with Crippen molar-refractivity contribution in [2.75, 3.05) is 31.1 Å². The Morgan fingerprint density at radius 1 is 1.26 bits per heavy atom. The number of alkyl halides is 2. The molecule has 168 valence electrons. The Labute approximate surface area is 185 Å². The zero-order valence-electron chi connectivity index (χ0n) is 17.4. The topological polar surface area (TPSA) is 65.5 Å². The third-order valence-corrected chi connectivity index (χ3v) is 6.79. The van der Waals surface area contributed by atoms with E-state index in [9.17, 15) is 13.6 Å². The monoisotopic (exact) mass is 451 g/mol. The highest BCUT2D eigenvalue weighted by molar-refractivity contribution is 6.35. The first-order valence-electron chi connectivity index (χ1n) is 11.0. The number of nitrogens with zero attached hydrogens (tertiary/aromatic N) is 2. The van der Waals surface area contributed by atoms with E-state index in [2.05, 4.69) is 10.2 Å². The number of aliphatic hydroxyl groups is 1. The van der Waals surface area contributed by atoms with Gasteiger partial charge in [-0.1, -0.05) is 11.6 Å². The van der Waals surface area contributed by atoms with Crippen molar-refractivity contribution in [2.24, 2.45) is 11.8 Å². The lowest BCUT2D eigenvalue weighted by Gasteiger charge is -2.29. The van der Waals surface area contributed by atoms with Gasteiger partial charge in [-0.15, -0.1) is 0 Å². The van der Waals surface area contributed by atoms with Crippen LogP contribution in [0.1, 0.15) is 48.9 Å². The summed E-state index contributed by atoms with van der Waals surface area (Å²) in [7, 11) is 0. The lowest BCUT2D eigenvalue weighted by molar-refractivity contribution is -0.0518. The quantitative estimate of drug-likeness (QED) is 0.670. The van der Waals surface area contributed by atoms with Crippen LogP contribution in [0.3, 0.4) is 0 Å². The summed E-state index contributed by atoms with van der Waals surface area (Å²) in [4.78, 5) is 19.8. The van der Waals surface area contributed by atoms with E-state index in [1.165, 1.54) is 0 Å². The highest BCUT2D eigenvalue weighted by Crippen LogP contribution is 2.36. The van der Waals surface area contributed by atoms with Gasteiger partial charge in [0.2, 0.25) is 5.92 Å². The molecule has 5 nitrogen and oxygen atoms in total. The van der Waals surface area contributed by atoms with Crippen LogP contribution in [-0.2, 0) is 0 Å². The van der Waals surface area contributed by atoms with E-state index in [0.717, 1.165) is 31.7 Å². The molecular formula is C23H28ClF2N3O2. The Bertz CT molecular complexity index is 956. The van der Waals surface area contributed by atoms with Crippen molar-refractivity contribution in [1.29, 1.82) is 0 Å². The Morgan fingerprint density at radius 2 is 2.10 bits per heavy atom. The van der Waals surface area contributed by atoms with Gasteiger partial charge >= 0.3 is 0 Å². The number of pyridine rings is 1. The number of rotatable bonds is 6. The molecule has 2 atom stereocenters. The second kappa shape index (κ2) is 9.25. The maximum Gasteiger partial charge on any atom is 0.253 e. The van der Waals surface area contributed by atoms with Gasteiger partial charge in [-0.25, -0.2) is 13.8 Å². The van der Waals surface area contributed by atoms with Crippen molar-refractivity contribution in [3.8, 4) is 0 Å². The van der Waals surface area contributed by atoms with Gasteiger partial charge in [0, 0.05) is 44.5 Å². The van der Waals surface area contributed by atoms with Gasteiger partial charge in [0.1, 0.15) is 5.82 Å². The van der Waals surface area contributed by atoms with Crippen molar-refractivity contribution in [2.45, 2.75) is 44.4 Å². The lowest BCUT2D eigenvalue weighted by atomic mass is 9.86. The van der Waals surface area contributed by atoms with E-state index >= 15 is 0 Å². The number of carbonyl (C=O) groups excluding carboxylic acids is 1. The van der Waals surface area contributed by atoms with Crippen LogP contribution in [-0.4, -0.2) is 48.2 Å². The number of aromatic nitrogens is 1. The number of carbonyl (C=O) groups is 1. The normalized spacial score (nSPS) is 23.3. The van der Waals surface area contributed by atoms with Crippen LogP contribution in [0.25, 0.3) is 10.9 Å². The van der Waals surface area contributed by atoms with Gasteiger partial charge in [-0.05, 0) is 61.8 Å². The molecule has 0 radical (unpaired) electrons. The third kappa shape index (κ3) is 5.09. The Kier molecular flexibility index (Phi) is 6.63. The van der Waals surface area contributed by atoms with E-state index in [0.29, 0.717) is 40.2 Å². The van der Waals surface area contributed by atoms with Crippen LogP contribution < -0.4 is 10.2 Å². The summed E-state index contributed by atoms with van der Waals surface area (Å²) in [6, 6.07) is 7.19. The average molecular weight is 452 g/mol. The summed E-state index contributed by atoms with van der Waals surface area (Å²) in [5, 5.41) is 12.9. The maximum atomic E-state index is 13.6. The number of amides is 1. The average Bonchev–Trinajstić information content (AvgIpc) is 3.20. The lowest BCUT2D eigenvalue weighted by Crippen LogP contribution is -2.35. The van der Waals surface area contributed by atoms with Crippen molar-refractivity contribution in [3.63, 3.8) is 0 Å². The molecule has 2 N–H and O–H groups in total. The number of hydrogen-bond donors (Lipinski definition) is 2. The van der Waals surface area contributed by atoms with Crippen molar-refractivity contribution in [3.05, 3.63) is 34.9 Å². The van der Waals surface area contributed by atoms with Crippen LogP contribution >= 0.6 is 11.6 Å². The van der Waals surface area contributed by atoms with E-state index in [-0.39, 0.29) is 37.8 Å². The summed E-state index contributed by atoms with van der Waals surface area (Å²) < 4.78 is 27.3. The standard InChI is InChI=1S/C23H28ClF2N3O2/c24-18-4-5-19-17(3-6-20(28-19)29-10-7-15(14-29)8-11-30)21(18)22(31)27-13-16-2-1-9-23(25,26)12-16/h3-6,15-16,30H,1-2,7-14H2,(H,27,31). The van der Waals surface area contributed by atoms with Crippen molar-refractivity contribution < 1.29 is 18.7 Å². The number of aliphatic hydroxyl groups excluding tert-OH is 1. The molecule has 1 amide bonds. The third-order valence-electron chi connectivity index (χ3n) is 6.47. The summed E-state index contributed by atoms with van der Waals surface area (Å²) in [6.45, 7) is 2.15. The van der Waals surface area contributed by atoms with Gasteiger partial charge in [0.15, 0.2) is 0 Å². The Hall–Kier alpha value is -1.99. The minimum absolute atomic E-state index is 0.0711. The smallest absolute Gasteiger partial charge is 0.253 e.